The van der Waals surface area contributed by atoms with Crippen LogP contribution in [0.2, 0.25) is 0 Å². The number of fused-ring (bicyclic) bond motifs is 1. The molecule has 104 valence electrons. The van der Waals surface area contributed by atoms with Gasteiger partial charge in [0.2, 0.25) is 0 Å². The highest BCUT2D eigenvalue weighted by Crippen LogP contribution is 2.16. The zero-order chi connectivity index (χ0) is 14.2. The first-order chi connectivity index (χ1) is 9.83. The molecule has 2 aromatic rings. The Hall–Kier alpha value is -2.12. The van der Waals surface area contributed by atoms with E-state index in [2.05, 4.69) is 16.4 Å². The molecule has 2 N–H and O–H groups in total. The standard InChI is InChI=1S/C16H19N3O/c17-12-13-5-7-15-14(11-13)6-8-16(19-15)18-9-3-1-2-4-10-20/h5-8,11,20H,1-4,9-10H2,(H,18,19). The summed E-state index contributed by atoms with van der Waals surface area (Å²) in [5.74, 6) is 0.865. The van der Waals surface area contributed by atoms with E-state index in [1.165, 1.54) is 0 Å². The number of aromatic nitrogens is 1. The van der Waals surface area contributed by atoms with Gasteiger partial charge in [-0.2, -0.15) is 5.26 Å². The summed E-state index contributed by atoms with van der Waals surface area (Å²) in [4.78, 5) is 4.52. The lowest BCUT2D eigenvalue weighted by Crippen LogP contribution is -2.03. The largest absolute Gasteiger partial charge is 0.396 e. The number of nitrogens with zero attached hydrogens (tertiary/aromatic N) is 2. The van der Waals surface area contributed by atoms with Gasteiger partial charge >= 0.3 is 0 Å². The second-order valence-corrected chi connectivity index (χ2v) is 4.78. The quantitative estimate of drug-likeness (QED) is 0.758. The van der Waals surface area contributed by atoms with Crippen molar-refractivity contribution in [3.05, 3.63) is 35.9 Å². The third-order valence-electron chi connectivity index (χ3n) is 3.21. The topological polar surface area (TPSA) is 68.9 Å². The predicted molar refractivity (Wildman–Crippen MR) is 80.5 cm³/mol. The number of pyridine rings is 1. The number of hydrogen-bond acceptors (Lipinski definition) is 4. The third kappa shape index (κ3) is 3.94. The first-order valence-corrected chi connectivity index (χ1v) is 6.99. The van der Waals surface area contributed by atoms with Crippen molar-refractivity contribution in [2.75, 3.05) is 18.5 Å². The van der Waals surface area contributed by atoms with Crippen LogP contribution in [0.5, 0.6) is 0 Å². The van der Waals surface area contributed by atoms with Crippen LogP contribution in [-0.2, 0) is 0 Å². The summed E-state index contributed by atoms with van der Waals surface area (Å²) in [5, 5.41) is 21.8. The number of benzene rings is 1. The van der Waals surface area contributed by atoms with Crippen LogP contribution in [0.15, 0.2) is 30.3 Å². The van der Waals surface area contributed by atoms with Gasteiger partial charge in [-0.3, -0.25) is 0 Å². The summed E-state index contributed by atoms with van der Waals surface area (Å²) in [6.45, 7) is 1.17. The molecule has 4 nitrogen and oxygen atoms in total. The van der Waals surface area contributed by atoms with Gasteiger partial charge in [0.1, 0.15) is 5.82 Å². The number of hydrogen-bond donors (Lipinski definition) is 2. The number of aliphatic hydroxyl groups is 1. The van der Waals surface area contributed by atoms with Crippen molar-refractivity contribution in [1.29, 1.82) is 5.26 Å². The highest BCUT2D eigenvalue weighted by molar-refractivity contribution is 5.81. The van der Waals surface area contributed by atoms with Gasteiger partial charge in [0.15, 0.2) is 0 Å². The van der Waals surface area contributed by atoms with Crippen molar-refractivity contribution in [1.82, 2.24) is 4.98 Å². The van der Waals surface area contributed by atoms with Crippen LogP contribution < -0.4 is 5.32 Å². The van der Waals surface area contributed by atoms with E-state index in [4.69, 9.17) is 10.4 Å². The summed E-state index contributed by atoms with van der Waals surface area (Å²) in [7, 11) is 0. The van der Waals surface area contributed by atoms with Crippen LogP contribution in [0.3, 0.4) is 0 Å². The van der Waals surface area contributed by atoms with Crippen LogP contribution in [-0.4, -0.2) is 23.2 Å². The number of anilines is 1. The number of nitrogens with one attached hydrogen (secondary N) is 1. The minimum Gasteiger partial charge on any atom is -0.396 e. The molecule has 2 rings (SSSR count). The molecule has 1 heterocycles. The highest BCUT2D eigenvalue weighted by atomic mass is 16.2. The lowest BCUT2D eigenvalue weighted by Gasteiger charge is -2.06. The summed E-state index contributed by atoms with van der Waals surface area (Å²) in [5.41, 5.74) is 1.55. The van der Waals surface area contributed by atoms with Crippen molar-refractivity contribution < 1.29 is 5.11 Å². The molecular weight excluding hydrogens is 250 g/mol. The molecule has 0 aliphatic heterocycles. The normalized spacial score (nSPS) is 10.4. The molecule has 0 radical (unpaired) electrons. The molecule has 20 heavy (non-hydrogen) atoms. The SMILES string of the molecule is N#Cc1ccc2nc(NCCCCCCO)ccc2c1. The summed E-state index contributed by atoms with van der Waals surface area (Å²) < 4.78 is 0. The summed E-state index contributed by atoms with van der Waals surface area (Å²) in [6.07, 6.45) is 4.15. The Bertz CT molecular complexity index is 604. The first-order valence-electron chi connectivity index (χ1n) is 6.99. The highest BCUT2D eigenvalue weighted by Gasteiger charge is 1.99. The van der Waals surface area contributed by atoms with Crippen LogP contribution in [0.25, 0.3) is 10.9 Å². The van der Waals surface area contributed by atoms with Crippen LogP contribution in [0.4, 0.5) is 5.82 Å². The summed E-state index contributed by atoms with van der Waals surface area (Å²) in [6, 6.07) is 11.6. The summed E-state index contributed by atoms with van der Waals surface area (Å²) >= 11 is 0. The van der Waals surface area contributed by atoms with Crippen molar-refractivity contribution in [2.45, 2.75) is 25.7 Å². The van der Waals surface area contributed by atoms with E-state index in [9.17, 15) is 0 Å². The Morgan fingerprint density at radius 3 is 2.75 bits per heavy atom. The van der Waals surface area contributed by atoms with E-state index in [1.54, 1.807) is 6.07 Å². The zero-order valence-corrected chi connectivity index (χ0v) is 11.5. The van der Waals surface area contributed by atoms with E-state index >= 15 is 0 Å². The molecular formula is C16H19N3O. The zero-order valence-electron chi connectivity index (χ0n) is 11.5. The molecule has 0 spiro atoms. The minimum atomic E-state index is 0.282. The van der Waals surface area contributed by atoms with Crippen molar-refractivity contribution in [3.8, 4) is 6.07 Å². The monoisotopic (exact) mass is 269 g/mol. The molecule has 0 atom stereocenters. The van der Waals surface area contributed by atoms with Gasteiger partial charge in [-0.25, -0.2) is 4.98 Å². The molecule has 0 fully saturated rings. The lowest BCUT2D eigenvalue weighted by atomic mass is 10.1. The predicted octanol–water partition coefficient (Wildman–Crippen LogP) is 3.07. The molecule has 0 saturated carbocycles. The van der Waals surface area contributed by atoms with E-state index in [1.807, 2.05) is 24.3 Å². The smallest absolute Gasteiger partial charge is 0.126 e. The number of nitriles is 1. The van der Waals surface area contributed by atoms with Gasteiger partial charge in [-0.15, -0.1) is 0 Å². The van der Waals surface area contributed by atoms with E-state index < -0.39 is 0 Å². The molecule has 1 aromatic heterocycles. The van der Waals surface area contributed by atoms with Crippen molar-refractivity contribution in [2.24, 2.45) is 0 Å². The van der Waals surface area contributed by atoms with Crippen LogP contribution in [0.1, 0.15) is 31.2 Å². The minimum absolute atomic E-state index is 0.282. The van der Waals surface area contributed by atoms with E-state index in [-0.39, 0.29) is 6.61 Å². The molecule has 0 unspecified atom stereocenters. The fourth-order valence-electron chi connectivity index (χ4n) is 2.10. The molecule has 0 aliphatic rings. The van der Waals surface area contributed by atoms with Crippen LogP contribution >= 0.6 is 0 Å². The molecule has 0 saturated heterocycles. The van der Waals surface area contributed by atoms with Crippen molar-refractivity contribution >= 4 is 16.7 Å². The lowest BCUT2D eigenvalue weighted by molar-refractivity contribution is 0.283. The second kappa shape index (κ2) is 7.46. The number of unbranched alkanes of at least 4 members (excludes halogenated alkanes) is 3. The fraction of sp³-hybridized carbons (Fsp3) is 0.375. The Kier molecular flexibility index (Phi) is 5.33. The Labute approximate surface area is 119 Å². The van der Waals surface area contributed by atoms with E-state index in [0.29, 0.717) is 5.56 Å². The average Bonchev–Trinajstić information content (AvgIpc) is 2.50. The Balaban J connectivity index is 1.90. The second-order valence-electron chi connectivity index (χ2n) is 4.78. The van der Waals surface area contributed by atoms with Gasteiger partial charge in [0.25, 0.3) is 0 Å². The average molecular weight is 269 g/mol. The van der Waals surface area contributed by atoms with Gasteiger partial charge in [-0.05, 0) is 43.2 Å². The number of aliphatic hydroxyl groups excluding tert-OH is 1. The molecule has 0 bridgehead atoms. The Morgan fingerprint density at radius 2 is 1.95 bits per heavy atom. The third-order valence-corrected chi connectivity index (χ3v) is 3.21. The van der Waals surface area contributed by atoms with Gasteiger partial charge < -0.3 is 10.4 Å². The van der Waals surface area contributed by atoms with Gasteiger partial charge in [-0.1, -0.05) is 12.8 Å². The molecule has 1 aromatic carbocycles. The fourth-order valence-corrected chi connectivity index (χ4v) is 2.10. The van der Waals surface area contributed by atoms with Crippen LogP contribution in [0, 0.1) is 11.3 Å². The van der Waals surface area contributed by atoms with E-state index in [0.717, 1.165) is 48.9 Å². The number of rotatable bonds is 7. The molecule has 0 amide bonds. The maximum absolute atomic E-state index is 8.86. The maximum Gasteiger partial charge on any atom is 0.126 e. The molecule has 4 heteroatoms. The maximum atomic E-state index is 8.86. The molecule has 0 aliphatic carbocycles. The first kappa shape index (κ1) is 14.3. The van der Waals surface area contributed by atoms with Gasteiger partial charge in [0, 0.05) is 18.5 Å². The Morgan fingerprint density at radius 1 is 1.10 bits per heavy atom. The van der Waals surface area contributed by atoms with Gasteiger partial charge in [0.05, 0.1) is 17.1 Å². The van der Waals surface area contributed by atoms with Crippen molar-refractivity contribution in [3.63, 3.8) is 0 Å².